The van der Waals surface area contributed by atoms with E-state index in [1.807, 2.05) is 114 Å². The van der Waals surface area contributed by atoms with Gasteiger partial charge in [0, 0.05) is 47.2 Å². The van der Waals surface area contributed by atoms with Crippen molar-refractivity contribution in [3.8, 4) is 0 Å². The van der Waals surface area contributed by atoms with Gasteiger partial charge >= 0.3 is 0 Å². The Bertz CT molecular complexity index is 2850. The maximum Gasteiger partial charge on any atom is 0.264 e. The van der Waals surface area contributed by atoms with Crippen LogP contribution in [0.3, 0.4) is 0 Å². The molecule has 6 aliphatic heterocycles. The second-order valence-corrected chi connectivity index (χ2v) is 20.1. The Morgan fingerprint density at radius 1 is 0.676 bits per heavy atom. The van der Waals surface area contributed by atoms with Crippen molar-refractivity contribution in [1.82, 2.24) is 15.5 Å². The zero-order valence-corrected chi connectivity index (χ0v) is 40.3. The van der Waals surface area contributed by atoms with E-state index in [0.29, 0.717) is 82.0 Å². The molecule has 366 valence electrons. The van der Waals surface area contributed by atoms with Gasteiger partial charge in [0.15, 0.2) is 5.60 Å². The molecule has 0 saturated carbocycles. The lowest BCUT2D eigenvalue weighted by Crippen LogP contribution is -2.55. The molecular weight excluding hydrogens is 893 g/mol. The number of fused-ring (bicyclic) bond motifs is 2. The lowest BCUT2D eigenvalue weighted by molar-refractivity contribution is -0.139. The number of aliphatic hydroxyl groups is 2. The number of carbonyl (C=O) groups excluding carboxylic acids is 4. The number of anilines is 5. The van der Waals surface area contributed by atoms with Crippen LogP contribution < -0.4 is 35.1 Å². The average molecular weight is 955 g/mol. The van der Waals surface area contributed by atoms with Crippen LogP contribution in [0.5, 0.6) is 0 Å². The summed E-state index contributed by atoms with van der Waals surface area (Å²) in [6.45, 7) is 5.80. The van der Waals surface area contributed by atoms with E-state index >= 15 is 4.79 Å². The maximum atomic E-state index is 15.1. The first-order valence-corrected chi connectivity index (χ1v) is 25.2. The first-order chi connectivity index (χ1) is 34.6. The Morgan fingerprint density at radius 3 is 1.79 bits per heavy atom. The summed E-state index contributed by atoms with van der Waals surface area (Å²) in [5.74, 6) is -1.40. The Labute approximate surface area is 415 Å². The molecule has 3 atom stereocenters. The van der Waals surface area contributed by atoms with Crippen LogP contribution in [-0.2, 0) is 44.3 Å². The van der Waals surface area contributed by atoms with Gasteiger partial charge in [0.1, 0.15) is 11.1 Å². The van der Waals surface area contributed by atoms with E-state index in [0.717, 1.165) is 46.8 Å². The third-order valence-corrected chi connectivity index (χ3v) is 16.3. The highest BCUT2D eigenvalue weighted by molar-refractivity contribution is 6.10. The van der Waals surface area contributed by atoms with Gasteiger partial charge < -0.3 is 40.4 Å². The zero-order chi connectivity index (χ0) is 48.9. The van der Waals surface area contributed by atoms with Gasteiger partial charge in [0.25, 0.3) is 17.7 Å². The van der Waals surface area contributed by atoms with Gasteiger partial charge in [-0.1, -0.05) is 91.9 Å². The van der Waals surface area contributed by atoms with Crippen molar-refractivity contribution in [2.24, 2.45) is 5.92 Å². The molecule has 14 nitrogen and oxygen atoms in total. The summed E-state index contributed by atoms with van der Waals surface area (Å²) >= 11 is 0. The molecule has 5 aromatic carbocycles. The predicted molar refractivity (Wildman–Crippen MR) is 275 cm³/mol. The summed E-state index contributed by atoms with van der Waals surface area (Å²) < 4.78 is 0. The molecule has 2 spiro atoms. The largest absolute Gasteiger partial charge is 0.394 e. The maximum absolute atomic E-state index is 15.1. The normalized spacial score (nSPS) is 23.1. The summed E-state index contributed by atoms with van der Waals surface area (Å²) in [6.07, 6.45) is 6.71. The van der Waals surface area contributed by atoms with Crippen molar-refractivity contribution in [1.29, 1.82) is 0 Å². The molecule has 11 rings (SSSR count). The first kappa shape index (κ1) is 46.5. The average Bonchev–Trinajstić information content (AvgIpc) is 3.93. The van der Waals surface area contributed by atoms with Crippen molar-refractivity contribution in [2.45, 2.75) is 81.3 Å². The van der Waals surface area contributed by atoms with E-state index in [2.05, 4.69) is 32.6 Å². The van der Waals surface area contributed by atoms with Crippen LogP contribution in [0.4, 0.5) is 28.4 Å². The van der Waals surface area contributed by atoms with Crippen LogP contribution in [0.2, 0.25) is 0 Å². The minimum Gasteiger partial charge on any atom is -0.394 e. The van der Waals surface area contributed by atoms with Gasteiger partial charge in [-0.05, 0) is 130 Å². The van der Waals surface area contributed by atoms with E-state index in [4.69, 9.17) is 0 Å². The summed E-state index contributed by atoms with van der Waals surface area (Å²) in [5.41, 5.74) is 3.76. The third kappa shape index (κ3) is 7.88. The van der Waals surface area contributed by atoms with Crippen LogP contribution in [0.1, 0.15) is 61.3 Å². The fourth-order valence-electron chi connectivity index (χ4n) is 12.2. The van der Waals surface area contributed by atoms with Gasteiger partial charge in [-0.2, -0.15) is 0 Å². The van der Waals surface area contributed by atoms with Gasteiger partial charge in [0.05, 0.1) is 38.2 Å². The number of piperidine rings is 2. The number of hydrogen-bond donors (Lipinski definition) is 4. The monoisotopic (exact) mass is 954 g/mol. The zero-order valence-electron chi connectivity index (χ0n) is 40.3. The molecule has 0 aromatic heterocycles. The SMILES string of the molecule is C[C@@H](/C=C/CC(=O)N1Cc2ccccc2C[C@H]1CO)[C@]1(O)C(=O)N(Cc2ccc(N3CN(c4ccccc4)C4(CCNCC4)C3=O)cc2)c2ccc(N3CN(c4ccccc4)C4(CCNCC4)C3=O)cc21. The molecule has 0 radical (unpaired) electrons. The lowest BCUT2D eigenvalue weighted by Gasteiger charge is -2.39. The third-order valence-electron chi connectivity index (χ3n) is 16.3. The topological polar surface area (TPSA) is 152 Å². The number of amides is 4. The molecule has 6 heterocycles. The van der Waals surface area contributed by atoms with E-state index in [-0.39, 0.29) is 43.3 Å². The molecule has 4 N–H and O–H groups in total. The summed E-state index contributed by atoms with van der Waals surface area (Å²) in [4.78, 5) is 69.6. The highest BCUT2D eigenvalue weighted by atomic mass is 16.3. The number of nitrogens with one attached hydrogen (secondary N) is 2. The first-order valence-electron chi connectivity index (χ1n) is 25.2. The van der Waals surface area contributed by atoms with Gasteiger partial charge in [-0.25, -0.2) is 0 Å². The summed E-state index contributed by atoms with van der Waals surface area (Å²) in [6, 6.07) is 41.0. The second kappa shape index (κ2) is 18.7. The Hall–Kier alpha value is -6.84. The lowest BCUT2D eigenvalue weighted by atomic mass is 9.82. The second-order valence-electron chi connectivity index (χ2n) is 20.1. The predicted octanol–water partition coefficient (Wildman–Crippen LogP) is 5.82. The Balaban J connectivity index is 0.892. The van der Waals surface area contributed by atoms with Crippen LogP contribution in [0, 0.1) is 5.92 Å². The molecule has 0 bridgehead atoms. The van der Waals surface area contributed by atoms with E-state index in [1.165, 1.54) is 0 Å². The quantitative estimate of drug-likeness (QED) is 0.119. The molecule has 4 fully saturated rings. The number of para-hydroxylation sites is 2. The van der Waals surface area contributed by atoms with E-state index in [9.17, 15) is 24.6 Å². The summed E-state index contributed by atoms with van der Waals surface area (Å²) in [7, 11) is 0. The van der Waals surface area contributed by atoms with Crippen LogP contribution in [-0.4, -0.2) is 102 Å². The van der Waals surface area contributed by atoms with E-state index in [1.54, 1.807) is 39.8 Å². The van der Waals surface area contributed by atoms with Crippen molar-refractivity contribution in [3.63, 3.8) is 0 Å². The van der Waals surface area contributed by atoms with Crippen molar-refractivity contribution >= 4 is 52.1 Å². The Morgan fingerprint density at radius 2 is 1.21 bits per heavy atom. The van der Waals surface area contributed by atoms with Crippen molar-refractivity contribution in [3.05, 3.63) is 162 Å². The van der Waals surface area contributed by atoms with E-state index < -0.39 is 28.5 Å². The standard InChI is InChI=1S/C57H62N8O6/c1-40(11-10-18-51(67)60-36-43-13-9-8-12-42(43)33-48(60)37-66)57(71)49-34-47(63-39-65(46-16-6-3-7-17-46)56(53(63)69)27-31-59-32-28-56)23-24-50(49)61(54(57)70)35-41-19-21-44(22-20-41)62-38-64(45-14-4-2-5-15-45)55(52(62)68)25-29-58-30-26-55/h2-17,19-24,34,40,48,58-59,66,71H,18,25-33,35-39H2,1H3/b11-10+/t40-,48-,57+/m0/s1. The highest BCUT2D eigenvalue weighted by Crippen LogP contribution is 2.49. The fourth-order valence-corrected chi connectivity index (χ4v) is 12.2. The van der Waals surface area contributed by atoms with Crippen LogP contribution >= 0.6 is 0 Å². The summed E-state index contributed by atoms with van der Waals surface area (Å²) in [5, 5.41) is 30.2. The molecule has 4 saturated heterocycles. The van der Waals surface area contributed by atoms with Crippen LogP contribution in [0.15, 0.2) is 140 Å². The highest BCUT2D eigenvalue weighted by Gasteiger charge is 2.56. The van der Waals surface area contributed by atoms with Gasteiger partial charge in [-0.3, -0.25) is 29.0 Å². The molecule has 0 unspecified atom stereocenters. The molecule has 6 aliphatic rings. The molecule has 14 heteroatoms. The fraction of sp³-hybridized carbons (Fsp3) is 0.368. The molecule has 4 amide bonds. The molecular formula is C57H62N8O6. The number of rotatable bonds is 11. The minimum absolute atomic E-state index is 0.0185. The molecule has 0 aliphatic carbocycles. The molecule has 5 aromatic rings. The Kier molecular flexibility index (Phi) is 12.3. The van der Waals surface area contributed by atoms with Crippen molar-refractivity contribution in [2.75, 3.05) is 70.6 Å². The smallest absolute Gasteiger partial charge is 0.264 e. The number of aliphatic hydroxyl groups excluding tert-OH is 1. The molecule has 71 heavy (non-hydrogen) atoms. The number of carbonyl (C=O) groups is 4. The number of benzene rings is 5. The van der Waals surface area contributed by atoms with Crippen LogP contribution in [0.25, 0.3) is 0 Å². The number of hydrogen-bond acceptors (Lipinski definition) is 10. The number of nitrogens with zero attached hydrogens (tertiary/aromatic N) is 6. The van der Waals surface area contributed by atoms with Gasteiger partial charge in [0.2, 0.25) is 5.91 Å². The van der Waals surface area contributed by atoms with Crippen molar-refractivity contribution < 1.29 is 29.4 Å². The van der Waals surface area contributed by atoms with Gasteiger partial charge in [-0.15, -0.1) is 0 Å². The minimum atomic E-state index is -2.05.